The minimum atomic E-state index is -0.345. The average Bonchev–Trinajstić information content (AvgIpc) is 2.66. The highest BCUT2D eigenvalue weighted by Crippen LogP contribution is 2.25. The van der Waals surface area contributed by atoms with E-state index in [9.17, 15) is 9.59 Å². The molecule has 26 heavy (non-hydrogen) atoms. The first-order valence-corrected chi connectivity index (χ1v) is 9.75. The Morgan fingerprint density at radius 3 is 2.88 bits per heavy atom. The summed E-state index contributed by atoms with van der Waals surface area (Å²) in [7, 11) is 0. The summed E-state index contributed by atoms with van der Waals surface area (Å²) in [6.45, 7) is 2.95. The lowest BCUT2D eigenvalue weighted by molar-refractivity contribution is -0.134. The number of hydrogen-bond donors (Lipinski definition) is 2. The molecule has 1 aliphatic carbocycles. The van der Waals surface area contributed by atoms with Crippen molar-refractivity contribution in [2.75, 3.05) is 26.2 Å². The molecule has 142 valence electrons. The van der Waals surface area contributed by atoms with E-state index in [0.717, 1.165) is 18.8 Å². The van der Waals surface area contributed by atoms with Gasteiger partial charge in [-0.25, -0.2) is 0 Å². The van der Waals surface area contributed by atoms with Gasteiger partial charge in [0.05, 0.1) is 18.2 Å². The van der Waals surface area contributed by atoms with E-state index in [1.54, 1.807) is 18.6 Å². The molecule has 2 heterocycles. The number of amides is 2. The fourth-order valence-electron chi connectivity index (χ4n) is 3.94. The second-order valence-corrected chi connectivity index (χ2v) is 7.31. The molecule has 7 nitrogen and oxygen atoms in total. The van der Waals surface area contributed by atoms with Gasteiger partial charge in [0.15, 0.2) is 0 Å². The van der Waals surface area contributed by atoms with Crippen LogP contribution in [-0.2, 0) is 16.0 Å². The highest BCUT2D eigenvalue weighted by molar-refractivity contribution is 5.88. The molecular formula is C19H29N5O2. The van der Waals surface area contributed by atoms with Gasteiger partial charge < -0.3 is 10.6 Å². The van der Waals surface area contributed by atoms with Crippen LogP contribution in [-0.4, -0.2) is 58.9 Å². The lowest BCUT2D eigenvalue weighted by Gasteiger charge is -2.37. The first-order valence-electron chi connectivity index (χ1n) is 9.75. The van der Waals surface area contributed by atoms with Crippen LogP contribution in [0.1, 0.15) is 44.2 Å². The molecule has 0 radical (unpaired) electrons. The van der Waals surface area contributed by atoms with Gasteiger partial charge in [0, 0.05) is 51.2 Å². The highest BCUT2D eigenvalue weighted by Gasteiger charge is 2.33. The van der Waals surface area contributed by atoms with Crippen molar-refractivity contribution in [1.82, 2.24) is 25.5 Å². The molecule has 0 bridgehead atoms. The number of hydrogen-bond acceptors (Lipinski definition) is 5. The van der Waals surface area contributed by atoms with Gasteiger partial charge in [0.2, 0.25) is 11.8 Å². The van der Waals surface area contributed by atoms with Crippen LogP contribution in [0.5, 0.6) is 0 Å². The predicted molar refractivity (Wildman–Crippen MR) is 98.3 cm³/mol. The largest absolute Gasteiger partial charge is 0.356 e. The van der Waals surface area contributed by atoms with E-state index < -0.39 is 0 Å². The van der Waals surface area contributed by atoms with Gasteiger partial charge in [0.1, 0.15) is 0 Å². The Balaban J connectivity index is 1.47. The molecule has 7 heteroatoms. The van der Waals surface area contributed by atoms with Crippen LogP contribution in [0.3, 0.4) is 0 Å². The van der Waals surface area contributed by atoms with E-state index in [2.05, 4.69) is 25.5 Å². The summed E-state index contributed by atoms with van der Waals surface area (Å²) in [5, 5.41) is 5.82. The van der Waals surface area contributed by atoms with E-state index in [1.165, 1.54) is 32.1 Å². The monoisotopic (exact) mass is 359 g/mol. The molecular weight excluding hydrogens is 330 g/mol. The quantitative estimate of drug-likeness (QED) is 0.755. The molecule has 1 unspecified atom stereocenters. The molecule has 1 aliphatic heterocycles. The van der Waals surface area contributed by atoms with Gasteiger partial charge in [-0.1, -0.05) is 19.3 Å². The fraction of sp³-hybridized carbons (Fsp3) is 0.684. The van der Waals surface area contributed by atoms with E-state index in [1.807, 2.05) is 0 Å². The molecule has 1 saturated carbocycles. The Morgan fingerprint density at radius 2 is 2.12 bits per heavy atom. The van der Waals surface area contributed by atoms with Crippen LogP contribution < -0.4 is 10.6 Å². The van der Waals surface area contributed by atoms with Gasteiger partial charge in [-0.15, -0.1) is 0 Å². The molecule has 2 N–H and O–H groups in total. The number of piperazine rings is 1. The number of carbonyl (C=O) groups excluding carboxylic acids is 2. The van der Waals surface area contributed by atoms with E-state index in [-0.39, 0.29) is 24.3 Å². The summed E-state index contributed by atoms with van der Waals surface area (Å²) in [5.41, 5.74) is 0.849. The molecule has 1 aromatic rings. The van der Waals surface area contributed by atoms with Crippen molar-refractivity contribution in [3.63, 3.8) is 0 Å². The van der Waals surface area contributed by atoms with Crippen LogP contribution in [0.25, 0.3) is 0 Å². The van der Waals surface area contributed by atoms with E-state index >= 15 is 0 Å². The SMILES string of the molecule is O=C(CC1C(=O)NCCN1CC1CCCCC1)NCCc1cnccn1. The van der Waals surface area contributed by atoms with Crippen molar-refractivity contribution in [2.24, 2.45) is 5.92 Å². The average molecular weight is 359 g/mol. The Hall–Kier alpha value is -2.02. The Labute approximate surface area is 155 Å². The third kappa shape index (κ3) is 5.49. The fourth-order valence-corrected chi connectivity index (χ4v) is 3.94. The maximum absolute atomic E-state index is 12.3. The molecule has 2 aliphatic rings. The molecule has 1 aromatic heterocycles. The summed E-state index contributed by atoms with van der Waals surface area (Å²) in [4.78, 5) is 35.1. The second-order valence-electron chi connectivity index (χ2n) is 7.31. The smallest absolute Gasteiger partial charge is 0.237 e. The summed E-state index contributed by atoms with van der Waals surface area (Å²) >= 11 is 0. The van der Waals surface area contributed by atoms with Crippen LogP contribution in [0, 0.1) is 5.92 Å². The topological polar surface area (TPSA) is 87.2 Å². The first kappa shape index (κ1) is 18.8. The third-order valence-electron chi connectivity index (χ3n) is 5.36. The van der Waals surface area contributed by atoms with Crippen molar-refractivity contribution in [2.45, 2.75) is 51.0 Å². The number of carbonyl (C=O) groups is 2. The number of rotatable bonds is 7. The van der Waals surface area contributed by atoms with Crippen molar-refractivity contribution in [3.05, 3.63) is 24.3 Å². The van der Waals surface area contributed by atoms with Gasteiger partial charge >= 0.3 is 0 Å². The number of nitrogens with zero attached hydrogens (tertiary/aromatic N) is 3. The summed E-state index contributed by atoms with van der Waals surface area (Å²) in [6.07, 6.45) is 12.2. The van der Waals surface area contributed by atoms with Crippen LogP contribution >= 0.6 is 0 Å². The van der Waals surface area contributed by atoms with Gasteiger partial charge in [-0.3, -0.25) is 24.5 Å². The normalized spacial score (nSPS) is 22.0. The lowest BCUT2D eigenvalue weighted by Crippen LogP contribution is -2.57. The summed E-state index contributed by atoms with van der Waals surface area (Å²) in [6, 6.07) is -0.345. The molecule has 2 fully saturated rings. The Morgan fingerprint density at radius 1 is 1.27 bits per heavy atom. The lowest BCUT2D eigenvalue weighted by atomic mass is 9.88. The minimum absolute atomic E-state index is 0.0175. The predicted octanol–water partition coefficient (Wildman–Crippen LogP) is 0.906. The van der Waals surface area contributed by atoms with Crippen LogP contribution in [0.2, 0.25) is 0 Å². The molecule has 3 rings (SSSR count). The van der Waals surface area contributed by atoms with Gasteiger partial charge in [0.25, 0.3) is 0 Å². The first-order chi connectivity index (χ1) is 12.7. The van der Waals surface area contributed by atoms with E-state index in [0.29, 0.717) is 25.4 Å². The van der Waals surface area contributed by atoms with Gasteiger partial charge in [-0.2, -0.15) is 0 Å². The zero-order valence-corrected chi connectivity index (χ0v) is 15.3. The third-order valence-corrected chi connectivity index (χ3v) is 5.36. The van der Waals surface area contributed by atoms with Gasteiger partial charge in [-0.05, 0) is 18.8 Å². The molecule has 2 amide bonds. The number of aromatic nitrogens is 2. The Kier molecular flexibility index (Phi) is 6.94. The maximum atomic E-state index is 12.3. The summed E-state index contributed by atoms with van der Waals surface area (Å²) in [5.74, 6) is 0.567. The van der Waals surface area contributed by atoms with Crippen molar-refractivity contribution < 1.29 is 9.59 Å². The molecule has 0 aromatic carbocycles. The van der Waals surface area contributed by atoms with Crippen molar-refractivity contribution in [1.29, 1.82) is 0 Å². The summed E-state index contributed by atoms with van der Waals surface area (Å²) < 4.78 is 0. The Bertz CT molecular complexity index is 589. The van der Waals surface area contributed by atoms with Crippen molar-refractivity contribution in [3.8, 4) is 0 Å². The van der Waals surface area contributed by atoms with Crippen LogP contribution in [0.15, 0.2) is 18.6 Å². The maximum Gasteiger partial charge on any atom is 0.237 e. The standard InChI is InChI=1S/C19H29N5O2/c25-18(22-7-6-16-13-20-8-9-21-16)12-17-19(26)23-10-11-24(17)14-15-4-2-1-3-5-15/h8-9,13,15,17H,1-7,10-12,14H2,(H,22,25)(H,23,26). The molecule has 1 saturated heterocycles. The minimum Gasteiger partial charge on any atom is -0.356 e. The molecule has 1 atom stereocenters. The number of nitrogens with one attached hydrogen (secondary N) is 2. The van der Waals surface area contributed by atoms with Crippen LogP contribution in [0.4, 0.5) is 0 Å². The zero-order valence-electron chi connectivity index (χ0n) is 15.3. The van der Waals surface area contributed by atoms with E-state index in [4.69, 9.17) is 0 Å². The highest BCUT2D eigenvalue weighted by atomic mass is 16.2. The van der Waals surface area contributed by atoms with Crippen molar-refractivity contribution >= 4 is 11.8 Å². The second kappa shape index (κ2) is 9.62. The zero-order chi connectivity index (χ0) is 18.2. The molecule has 0 spiro atoms.